The Morgan fingerprint density at radius 3 is 2.50 bits per heavy atom. The lowest BCUT2D eigenvalue weighted by Gasteiger charge is -2.46. The predicted octanol–water partition coefficient (Wildman–Crippen LogP) is 1.62. The van der Waals surface area contributed by atoms with Crippen LogP contribution >= 0.6 is 11.8 Å². The number of amides is 3. The van der Waals surface area contributed by atoms with Crippen LogP contribution in [0.4, 0.5) is 0 Å². The molecule has 5 N–H and O–H groups in total. The second-order valence-corrected chi connectivity index (χ2v) is 11.6. The molecule has 3 amide bonds. The lowest BCUT2D eigenvalue weighted by molar-refractivity contribution is -0.301. The van der Waals surface area contributed by atoms with Crippen molar-refractivity contribution < 1.29 is 43.9 Å². The molecule has 1 saturated heterocycles. The van der Waals surface area contributed by atoms with E-state index in [2.05, 4.69) is 15.8 Å². The van der Waals surface area contributed by atoms with Gasteiger partial charge in [-0.05, 0) is 41.7 Å². The summed E-state index contributed by atoms with van der Waals surface area (Å²) in [6, 6.07) is 12.8. The van der Waals surface area contributed by atoms with E-state index in [4.69, 9.17) is 14.2 Å². The number of para-hydroxylation sites is 1. The normalized spacial score (nSPS) is 22.8. The van der Waals surface area contributed by atoms with Crippen LogP contribution in [0.3, 0.4) is 0 Å². The average molecular weight is 634 g/mol. The third kappa shape index (κ3) is 8.83. The van der Waals surface area contributed by atoms with Gasteiger partial charge < -0.3 is 40.2 Å². The summed E-state index contributed by atoms with van der Waals surface area (Å²) >= 11 is 1.63. The van der Waals surface area contributed by atoms with Crippen molar-refractivity contribution in [2.45, 2.75) is 62.9 Å². The van der Waals surface area contributed by atoms with E-state index in [1.807, 2.05) is 31.2 Å². The Labute approximate surface area is 259 Å². The number of methoxy groups -OCH3 is 1. The summed E-state index contributed by atoms with van der Waals surface area (Å²) in [5, 5.41) is 40.2. The van der Waals surface area contributed by atoms with Gasteiger partial charge in [-0.15, -0.1) is 4.91 Å². The monoisotopic (exact) mass is 633 g/mol. The Morgan fingerprint density at radius 1 is 1.16 bits per heavy atom. The van der Waals surface area contributed by atoms with E-state index in [0.29, 0.717) is 17.9 Å². The molecular formula is C30H39N3O10S. The molecule has 3 rings (SSSR count). The minimum Gasteiger partial charge on any atom is -0.496 e. The summed E-state index contributed by atoms with van der Waals surface area (Å²) in [7, 11) is 1.57. The highest BCUT2D eigenvalue weighted by molar-refractivity contribution is 7.99. The molecule has 13 nitrogen and oxygen atoms in total. The van der Waals surface area contributed by atoms with Gasteiger partial charge in [-0.3, -0.25) is 14.4 Å². The van der Waals surface area contributed by atoms with E-state index >= 15 is 0 Å². The van der Waals surface area contributed by atoms with Gasteiger partial charge in [0.2, 0.25) is 5.91 Å². The predicted molar refractivity (Wildman–Crippen MR) is 163 cm³/mol. The number of carbonyl (C=O) groups excluding carboxylic acids is 3. The summed E-state index contributed by atoms with van der Waals surface area (Å²) in [6.45, 7) is 2.67. The summed E-state index contributed by atoms with van der Waals surface area (Å²) < 4.78 is 16.8. The first-order chi connectivity index (χ1) is 21.1. The zero-order valence-corrected chi connectivity index (χ0v) is 25.6. The smallest absolute Gasteiger partial charge is 0.345 e. The minimum atomic E-state index is -2.34. The maximum absolute atomic E-state index is 12.8. The Balaban J connectivity index is 1.73. The Hall–Kier alpha value is -3.40. The Morgan fingerprint density at radius 2 is 1.86 bits per heavy atom. The number of ether oxygens (including phenoxy) is 3. The van der Waals surface area contributed by atoms with Gasteiger partial charge in [0.15, 0.2) is 0 Å². The molecule has 0 aromatic heterocycles. The molecule has 1 heterocycles. The van der Waals surface area contributed by atoms with Crippen molar-refractivity contribution in [2.75, 3.05) is 31.8 Å². The van der Waals surface area contributed by atoms with Crippen LogP contribution in [0.25, 0.3) is 11.1 Å². The van der Waals surface area contributed by atoms with E-state index in [9.17, 15) is 34.6 Å². The number of thioether (sulfide) groups is 1. The second-order valence-electron chi connectivity index (χ2n) is 10.2. The summed E-state index contributed by atoms with van der Waals surface area (Å²) in [5.74, 6) is -2.61. The maximum atomic E-state index is 12.8. The first-order valence-corrected chi connectivity index (χ1v) is 15.3. The molecule has 1 fully saturated rings. The number of aliphatic hydroxyl groups excluding tert-OH is 3. The molecule has 6 unspecified atom stereocenters. The lowest BCUT2D eigenvalue weighted by atomic mass is 9.88. The molecule has 44 heavy (non-hydrogen) atoms. The standard InChI is InChI=1S/C30H39N3O10S/c1-4-44-15-7-14-42-30(29(39)33-40)16-22(35)25(32-18(2)34)27(43-30)26(37)23(36)17-31-28(38)20-12-10-19(11-13-20)21-8-5-6-9-24(21)41-3/h5-6,8-13,22-23,25-27,35-37H,4,7,14-17H2,1-3H3,(H,31,38)(H,32,34). The van der Waals surface area contributed by atoms with E-state index in [-0.39, 0.29) is 12.2 Å². The topological polar surface area (TPSA) is 193 Å². The minimum absolute atomic E-state index is 0.0247. The van der Waals surface area contributed by atoms with E-state index in [1.165, 1.54) is 6.92 Å². The number of benzene rings is 2. The van der Waals surface area contributed by atoms with Gasteiger partial charge in [0.1, 0.15) is 18.0 Å². The number of carbonyl (C=O) groups is 3. The van der Waals surface area contributed by atoms with Gasteiger partial charge in [-0.25, -0.2) is 0 Å². The van der Waals surface area contributed by atoms with Crippen molar-refractivity contribution in [3.8, 4) is 16.9 Å². The average Bonchev–Trinajstić information content (AvgIpc) is 3.03. The number of nitrogens with zero attached hydrogens (tertiary/aromatic N) is 1. The molecule has 240 valence electrons. The quantitative estimate of drug-likeness (QED) is 0.141. The van der Waals surface area contributed by atoms with Crippen molar-refractivity contribution in [2.24, 2.45) is 5.18 Å². The Kier molecular flexibility index (Phi) is 13.2. The van der Waals surface area contributed by atoms with Crippen LogP contribution in [0, 0.1) is 4.91 Å². The molecule has 0 radical (unpaired) electrons. The fourth-order valence-corrected chi connectivity index (χ4v) is 5.50. The van der Waals surface area contributed by atoms with Crippen molar-refractivity contribution in [3.05, 3.63) is 59.0 Å². The van der Waals surface area contributed by atoms with Crippen molar-refractivity contribution in [1.29, 1.82) is 0 Å². The molecule has 14 heteroatoms. The zero-order valence-electron chi connectivity index (χ0n) is 24.8. The number of aliphatic hydroxyl groups is 3. The van der Waals surface area contributed by atoms with Gasteiger partial charge in [0.05, 0.1) is 32.0 Å². The fourth-order valence-electron chi connectivity index (χ4n) is 4.89. The highest BCUT2D eigenvalue weighted by Gasteiger charge is 2.56. The van der Waals surface area contributed by atoms with Crippen LogP contribution in [0.5, 0.6) is 5.75 Å². The number of hydrogen-bond donors (Lipinski definition) is 5. The van der Waals surface area contributed by atoms with Gasteiger partial charge in [-0.2, -0.15) is 11.8 Å². The van der Waals surface area contributed by atoms with Gasteiger partial charge in [-0.1, -0.05) is 37.3 Å². The molecule has 0 bridgehead atoms. The number of nitrogens with one attached hydrogen (secondary N) is 2. The van der Waals surface area contributed by atoms with Crippen molar-refractivity contribution >= 4 is 29.5 Å². The van der Waals surface area contributed by atoms with Crippen molar-refractivity contribution in [3.63, 3.8) is 0 Å². The fraction of sp³-hybridized carbons (Fsp3) is 0.500. The first-order valence-electron chi connectivity index (χ1n) is 14.2. The number of nitroso groups, excluding NO2 is 1. The zero-order chi connectivity index (χ0) is 32.3. The highest BCUT2D eigenvalue weighted by atomic mass is 32.2. The van der Waals surface area contributed by atoms with Crippen LogP contribution < -0.4 is 15.4 Å². The molecule has 6 atom stereocenters. The summed E-state index contributed by atoms with van der Waals surface area (Å²) in [5.41, 5.74) is 1.94. The van der Waals surface area contributed by atoms with Crippen LogP contribution in [0.2, 0.25) is 0 Å². The molecule has 1 aliphatic heterocycles. The van der Waals surface area contributed by atoms with Crippen molar-refractivity contribution in [1.82, 2.24) is 10.6 Å². The van der Waals surface area contributed by atoms with E-state index < -0.39 is 66.9 Å². The molecule has 2 aromatic carbocycles. The van der Waals surface area contributed by atoms with Gasteiger partial charge in [0.25, 0.3) is 11.7 Å². The number of hydrogen-bond acceptors (Lipinski definition) is 11. The second kappa shape index (κ2) is 16.6. The van der Waals surface area contributed by atoms with Gasteiger partial charge >= 0.3 is 5.91 Å². The molecule has 0 saturated carbocycles. The lowest BCUT2D eigenvalue weighted by Crippen LogP contribution is -2.68. The van der Waals surface area contributed by atoms with Crippen LogP contribution in [-0.2, 0) is 19.1 Å². The van der Waals surface area contributed by atoms with E-state index in [0.717, 1.165) is 16.9 Å². The maximum Gasteiger partial charge on any atom is 0.345 e. The third-order valence-electron chi connectivity index (χ3n) is 7.09. The molecule has 1 aliphatic rings. The van der Waals surface area contributed by atoms with Crippen LogP contribution in [0.1, 0.15) is 37.0 Å². The largest absolute Gasteiger partial charge is 0.496 e. The first kappa shape index (κ1) is 35.1. The summed E-state index contributed by atoms with van der Waals surface area (Å²) in [6.07, 6.45) is -6.74. The van der Waals surface area contributed by atoms with Crippen LogP contribution in [0.15, 0.2) is 53.7 Å². The third-order valence-corrected chi connectivity index (χ3v) is 8.08. The molecule has 0 aliphatic carbocycles. The molecule has 0 spiro atoms. The van der Waals surface area contributed by atoms with E-state index in [1.54, 1.807) is 43.1 Å². The molecule has 2 aromatic rings. The molecular weight excluding hydrogens is 594 g/mol. The highest BCUT2D eigenvalue weighted by Crippen LogP contribution is 2.35. The van der Waals surface area contributed by atoms with Gasteiger partial charge in [0, 0.05) is 36.2 Å². The number of rotatable bonds is 15. The SMILES string of the molecule is CCSCCCOC1(C(=O)N=O)CC(O)C(NC(C)=O)C(C(O)C(O)CNC(=O)c2ccc(-c3ccccc3OC)cc2)O1. The Bertz CT molecular complexity index is 1280. The van der Waals surface area contributed by atoms with Crippen LogP contribution in [-0.4, -0.2) is 101 Å². The summed E-state index contributed by atoms with van der Waals surface area (Å²) in [4.78, 5) is 48.6.